The monoisotopic (exact) mass is 470 g/mol. The van der Waals surface area contributed by atoms with Gasteiger partial charge >= 0.3 is 0 Å². The quantitative estimate of drug-likeness (QED) is 0.361. The summed E-state index contributed by atoms with van der Waals surface area (Å²) in [5, 5.41) is 0. The highest BCUT2D eigenvalue weighted by Gasteiger charge is 2.20. The highest BCUT2D eigenvalue weighted by Crippen LogP contribution is 2.38. The second-order valence-electron chi connectivity index (χ2n) is 7.53. The molecule has 5 rings (SSSR count). The van der Waals surface area contributed by atoms with Gasteiger partial charge in [-0.15, -0.1) is 0 Å². The van der Waals surface area contributed by atoms with E-state index in [0.29, 0.717) is 26.7 Å². The van der Waals surface area contributed by atoms with Gasteiger partial charge in [-0.25, -0.2) is 9.38 Å². The molecule has 0 N–H and O–H groups in total. The van der Waals surface area contributed by atoms with Gasteiger partial charge in [-0.3, -0.25) is 4.79 Å². The van der Waals surface area contributed by atoms with Crippen LogP contribution in [-0.2, 0) is 0 Å². The molecule has 0 spiro atoms. The minimum Gasteiger partial charge on any atom is -0.493 e. The van der Waals surface area contributed by atoms with Gasteiger partial charge < -0.3 is 14.2 Å². The summed E-state index contributed by atoms with van der Waals surface area (Å²) in [6.45, 7) is 0. The van der Waals surface area contributed by atoms with E-state index in [2.05, 4.69) is 0 Å². The smallest absolute Gasteiger partial charge is 0.274 e. The summed E-state index contributed by atoms with van der Waals surface area (Å²) in [5.41, 5.74) is 4.11. The zero-order valence-electron chi connectivity index (χ0n) is 18.9. The van der Waals surface area contributed by atoms with Crippen molar-refractivity contribution in [2.24, 2.45) is 0 Å². The van der Waals surface area contributed by atoms with Crippen molar-refractivity contribution in [1.82, 2.24) is 9.38 Å². The normalized spacial score (nSPS) is 11.7. The van der Waals surface area contributed by atoms with Gasteiger partial charge in [0.05, 0.1) is 37.2 Å². The maximum absolute atomic E-state index is 13.6. The molecule has 0 aliphatic rings. The molecule has 0 radical (unpaired) electrons. The van der Waals surface area contributed by atoms with Crippen molar-refractivity contribution in [2.45, 2.75) is 0 Å². The van der Waals surface area contributed by atoms with Crippen molar-refractivity contribution in [3.05, 3.63) is 93.2 Å². The van der Waals surface area contributed by atoms with Crippen molar-refractivity contribution in [3.8, 4) is 39.8 Å². The Balaban J connectivity index is 1.75. The molecule has 0 aliphatic heterocycles. The summed E-state index contributed by atoms with van der Waals surface area (Å²) in [4.78, 5) is 19.1. The van der Waals surface area contributed by atoms with E-state index in [9.17, 15) is 4.79 Å². The first-order valence-corrected chi connectivity index (χ1v) is 11.4. The number of ether oxygens (including phenoxy) is 3. The molecule has 0 amide bonds. The molecule has 0 saturated heterocycles. The second kappa shape index (κ2) is 9.03. The van der Waals surface area contributed by atoms with Gasteiger partial charge in [0.25, 0.3) is 5.56 Å². The van der Waals surface area contributed by atoms with Crippen molar-refractivity contribution in [3.63, 3.8) is 0 Å². The minimum atomic E-state index is -0.123. The number of thiazole rings is 1. The first-order valence-electron chi connectivity index (χ1n) is 10.6. The van der Waals surface area contributed by atoms with Crippen molar-refractivity contribution in [2.75, 3.05) is 21.3 Å². The first kappa shape index (κ1) is 21.7. The number of nitrogens with zero attached hydrogens (tertiary/aromatic N) is 2. The van der Waals surface area contributed by atoms with E-state index in [1.807, 2.05) is 78.9 Å². The lowest BCUT2D eigenvalue weighted by atomic mass is 10.1. The van der Waals surface area contributed by atoms with Crippen molar-refractivity contribution >= 4 is 22.4 Å². The molecular formula is C27H22N2O4S. The summed E-state index contributed by atoms with van der Waals surface area (Å²) in [6, 6.07) is 23.4. The lowest BCUT2D eigenvalue weighted by molar-refractivity contribution is 0.324. The number of benzene rings is 3. The topological polar surface area (TPSA) is 62.1 Å². The van der Waals surface area contributed by atoms with Crippen LogP contribution in [0.15, 0.2) is 77.6 Å². The van der Waals surface area contributed by atoms with Crippen LogP contribution in [0.1, 0.15) is 5.56 Å². The third-order valence-electron chi connectivity index (χ3n) is 5.54. The van der Waals surface area contributed by atoms with E-state index >= 15 is 0 Å². The Bertz CT molecular complexity index is 1550. The number of methoxy groups -OCH3 is 3. The Morgan fingerprint density at radius 1 is 0.824 bits per heavy atom. The van der Waals surface area contributed by atoms with Crippen LogP contribution >= 0.6 is 11.3 Å². The fourth-order valence-electron chi connectivity index (χ4n) is 4.00. The predicted molar refractivity (Wildman–Crippen MR) is 135 cm³/mol. The van der Waals surface area contributed by atoms with Crippen molar-refractivity contribution < 1.29 is 14.2 Å². The second-order valence-corrected chi connectivity index (χ2v) is 8.54. The molecule has 0 unspecified atom stereocenters. The van der Waals surface area contributed by atoms with Gasteiger partial charge in [-0.1, -0.05) is 72.0 Å². The number of hydrogen-bond acceptors (Lipinski definition) is 6. The Morgan fingerprint density at radius 2 is 1.41 bits per heavy atom. The van der Waals surface area contributed by atoms with Gasteiger partial charge in [0.2, 0.25) is 5.75 Å². The van der Waals surface area contributed by atoms with Crippen LogP contribution in [0.25, 0.3) is 33.6 Å². The van der Waals surface area contributed by atoms with E-state index in [1.54, 1.807) is 25.7 Å². The molecule has 2 heterocycles. The van der Waals surface area contributed by atoms with Gasteiger partial charge in [0, 0.05) is 11.1 Å². The molecule has 34 heavy (non-hydrogen) atoms. The molecule has 6 nitrogen and oxygen atoms in total. The molecule has 0 fully saturated rings. The number of rotatable bonds is 6. The maximum atomic E-state index is 13.6. The van der Waals surface area contributed by atoms with Crippen LogP contribution < -0.4 is 24.3 Å². The van der Waals surface area contributed by atoms with E-state index in [4.69, 9.17) is 19.2 Å². The van der Waals surface area contributed by atoms with E-state index in [0.717, 1.165) is 28.1 Å². The average Bonchev–Trinajstić information content (AvgIpc) is 3.40. The van der Waals surface area contributed by atoms with Crippen LogP contribution in [0.3, 0.4) is 0 Å². The number of imidazole rings is 1. The first-order chi connectivity index (χ1) is 16.6. The van der Waals surface area contributed by atoms with Crippen molar-refractivity contribution in [1.29, 1.82) is 0 Å². The average molecular weight is 471 g/mol. The highest BCUT2D eigenvalue weighted by atomic mass is 32.1. The molecule has 0 atom stereocenters. The van der Waals surface area contributed by atoms with Gasteiger partial charge in [-0.05, 0) is 23.8 Å². The van der Waals surface area contributed by atoms with Crippen LogP contribution in [0.4, 0.5) is 0 Å². The number of hydrogen-bond donors (Lipinski definition) is 0. The highest BCUT2D eigenvalue weighted by molar-refractivity contribution is 7.15. The Kier molecular flexibility index (Phi) is 5.77. The summed E-state index contributed by atoms with van der Waals surface area (Å²) in [5.74, 6) is 1.56. The summed E-state index contributed by atoms with van der Waals surface area (Å²) >= 11 is 1.35. The fourth-order valence-corrected chi connectivity index (χ4v) is 4.97. The zero-order valence-corrected chi connectivity index (χ0v) is 19.8. The molecular weight excluding hydrogens is 448 g/mol. The molecule has 0 saturated carbocycles. The molecule has 0 bridgehead atoms. The molecule has 3 aromatic carbocycles. The molecule has 7 heteroatoms. The SMILES string of the molecule is COc1cc(/C=c2\sc3nc(-c4ccccc4)c(-c4ccccc4)n3c2=O)cc(OC)c1OC. The van der Waals surface area contributed by atoms with E-state index in [-0.39, 0.29) is 5.56 Å². The minimum absolute atomic E-state index is 0.123. The third kappa shape index (κ3) is 3.70. The largest absolute Gasteiger partial charge is 0.493 e. The van der Waals surface area contributed by atoms with Crippen LogP contribution in [0.5, 0.6) is 17.2 Å². The predicted octanol–water partition coefficient (Wildman–Crippen LogP) is 4.66. The maximum Gasteiger partial charge on any atom is 0.274 e. The van der Waals surface area contributed by atoms with Crippen LogP contribution in [0.2, 0.25) is 0 Å². The molecule has 170 valence electrons. The zero-order chi connectivity index (χ0) is 23.7. The Hall–Kier alpha value is -4.10. The van der Waals surface area contributed by atoms with Crippen LogP contribution in [0, 0.1) is 0 Å². The van der Waals surface area contributed by atoms with Crippen LogP contribution in [-0.4, -0.2) is 30.7 Å². The summed E-state index contributed by atoms with van der Waals surface area (Å²) in [7, 11) is 4.69. The summed E-state index contributed by atoms with van der Waals surface area (Å²) < 4.78 is 18.6. The Labute approximate surface area is 200 Å². The van der Waals surface area contributed by atoms with E-state index in [1.165, 1.54) is 11.3 Å². The lowest BCUT2D eigenvalue weighted by Gasteiger charge is -2.12. The van der Waals surface area contributed by atoms with Gasteiger partial charge in [0.1, 0.15) is 0 Å². The fraction of sp³-hybridized carbons (Fsp3) is 0.111. The molecule has 2 aromatic heterocycles. The molecule has 5 aromatic rings. The van der Waals surface area contributed by atoms with Gasteiger partial charge in [-0.2, -0.15) is 0 Å². The molecule has 0 aliphatic carbocycles. The Morgan fingerprint density at radius 3 is 1.97 bits per heavy atom. The number of fused-ring (bicyclic) bond motifs is 1. The lowest BCUT2D eigenvalue weighted by Crippen LogP contribution is -2.23. The summed E-state index contributed by atoms with van der Waals surface area (Å²) in [6.07, 6.45) is 1.82. The third-order valence-corrected chi connectivity index (χ3v) is 6.51. The van der Waals surface area contributed by atoms with Gasteiger partial charge in [0.15, 0.2) is 16.5 Å². The standard InChI is InChI=1S/C27H22N2O4S/c1-31-20-14-17(15-21(32-2)25(20)33-3)16-22-26(30)29-24(19-12-8-5-9-13-19)23(28-27(29)34-22)18-10-6-4-7-11-18/h4-16H,1-3H3/b22-16-. The number of aromatic nitrogens is 2. The van der Waals surface area contributed by atoms with E-state index < -0.39 is 0 Å².